The molecule has 1 atom stereocenters. The number of ether oxygens (including phenoxy) is 3. The van der Waals surface area contributed by atoms with Gasteiger partial charge < -0.3 is 19.3 Å². The van der Waals surface area contributed by atoms with Crippen LogP contribution in [0.1, 0.15) is 25.3 Å². The Balaban J connectivity index is 1.88. The van der Waals surface area contributed by atoms with E-state index < -0.39 is 12.1 Å². The van der Waals surface area contributed by atoms with Crippen molar-refractivity contribution in [3.63, 3.8) is 0 Å². The monoisotopic (exact) mass is 266 g/mol. The van der Waals surface area contributed by atoms with Crippen LogP contribution in [0.3, 0.4) is 0 Å². The SMILES string of the molecule is CCCCOC(=O)C(O)Cc1ccc2c(c1)OCO2. The minimum absolute atomic E-state index is 0.209. The van der Waals surface area contributed by atoms with Crippen LogP contribution in [0.15, 0.2) is 18.2 Å². The second-order valence-electron chi connectivity index (χ2n) is 4.43. The molecule has 0 amide bonds. The van der Waals surface area contributed by atoms with Crippen molar-refractivity contribution >= 4 is 5.97 Å². The lowest BCUT2D eigenvalue weighted by molar-refractivity contribution is -0.153. The van der Waals surface area contributed by atoms with Crippen LogP contribution in [-0.2, 0) is 16.0 Å². The molecular weight excluding hydrogens is 248 g/mol. The van der Waals surface area contributed by atoms with Crippen LogP contribution in [0.25, 0.3) is 0 Å². The number of aliphatic hydroxyl groups is 1. The fourth-order valence-corrected chi connectivity index (χ4v) is 1.79. The minimum Gasteiger partial charge on any atom is -0.464 e. The molecule has 5 nitrogen and oxygen atoms in total. The summed E-state index contributed by atoms with van der Waals surface area (Å²) in [6.07, 6.45) is 0.826. The number of benzene rings is 1. The molecule has 1 aliphatic heterocycles. The lowest BCUT2D eigenvalue weighted by Gasteiger charge is -2.10. The van der Waals surface area contributed by atoms with Gasteiger partial charge >= 0.3 is 5.97 Å². The second kappa shape index (κ2) is 6.43. The van der Waals surface area contributed by atoms with Gasteiger partial charge in [0.25, 0.3) is 0 Å². The molecule has 1 aromatic rings. The van der Waals surface area contributed by atoms with Gasteiger partial charge in [0, 0.05) is 6.42 Å². The van der Waals surface area contributed by atoms with E-state index in [1.165, 1.54) is 0 Å². The number of unbranched alkanes of at least 4 members (excludes halogenated alkanes) is 1. The zero-order valence-corrected chi connectivity index (χ0v) is 10.9. The molecule has 0 aromatic heterocycles. The molecule has 1 aliphatic rings. The quantitative estimate of drug-likeness (QED) is 0.626. The molecule has 5 heteroatoms. The van der Waals surface area contributed by atoms with Gasteiger partial charge in [-0.2, -0.15) is 0 Å². The van der Waals surface area contributed by atoms with E-state index in [1.54, 1.807) is 18.2 Å². The molecule has 0 radical (unpaired) electrons. The normalized spacial score (nSPS) is 14.2. The Kier molecular flexibility index (Phi) is 4.63. The lowest BCUT2D eigenvalue weighted by Crippen LogP contribution is -2.25. The van der Waals surface area contributed by atoms with Gasteiger partial charge in [-0.15, -0.1) is 0 Å². The molecule has 0 saturated heterocycles. The summed E-state index contributed by atoms with van der Waals surface area (Å²) < 4.78 is 15.4. The van der Waals surface area contributed by atoms with Gasteiger partial charge in [-0.1, -0.05) is 19.4 Å². The number of aliphatic hydroxyl groups excluding tert-OH is 1. The molecule has 1 unspecified atom stereocenters. The maximum absolute atomic E-state index is 11.5. The number of hydrogen-bond donors (Lipinski definition) is 1. The molecular formula is C14H18O5. The Morgan fingerprint density at radius 3 is 3.00 bits per heavy atom. The molecule has 19 heavy (non-hydrogen) atoms. The van der Waals surface area contributed by atoms with Crippen molar-refractivity contribution in [1.82, 2.24) is 0 Å². The highest BCUT2D eigenvalue weighted by Gasteiger charge is 2.19. The van der Waals surface area contributed by atoms with Crippen LogP contribution in [0, 0.1) is 0 Å². The number of carbonyl (C=O) groups is 1. The fourth-order valence-electron chi connectivity index (χ4n) is 1.79. The summed E-state index contributed by atoms with van der Waals surface area (Å²) in [5.41, 5.74) is 0.809. The number of carbonyl (C=O) groups excluding carboxylic acids is 1. The third-order valence-corrected chi connectivity index (χ3v) is 2.88. The first-order chi connectivity index (χ1) is 9.20. The van der Waals surface area contributed by atoms with Gasteiger partial charge in [-0.25, -0.2) is 4.79 Å². The highest BCUT2D eigenvalue weighted by molar-refractivity contribution is 5.74. The second-order valence-corrected chi connectivity index (χ2v) is 4.43. The Labute approximate surface area is 112 Å². The highest BCUT2D eigenvalue weighted by atomic mass is 16.7. The number of fused-ring (bicyclic) bond motifs is 1. The lowest BCUT2D eigenvalue weighted by atomic mass is 10.1. The van der Waals surface area contributed by atoms with Gasteiger partial charge in [0.1, 0.15) is 0 Å². The first-order valence-corrected chi connectivity index (χ1v) is 6.44. The third kappa shape index (κ3) is 3.61. The Hall–Kier alpha value is -1.75. The molecule has 0 bridgehead atoms. The summed E-state index contributed by atoms with van der Waals surface area (Å²) in [5, 5.41) is 9.77. The zero-order valence-electron chi connectivity index (χ0n) is 10.9. The summed E-state index contributed by atoms with van der Waals surface area (Å²) in [6, 6.07) is 5.34. The third-order valence-electron chi connectivity index (χ3n) is 2.88. The maximum atomic E-state index is 11.5. The van der Waals surface area contributed by atoms with Crippen LogP contribution in [-0.4, -0.2) is 30.6 Å². The predicted molar refractivity (Wildman–Crippen MR) is 68.1 cm³/mol. The molecule has 0 saturated carbocycles. The van der Waals surface area contributed by atoms with Gasteiger partial charge in [-0.05, 0) is 24.1 Å². The van der Waals surface area contributed by atoms with E-state index in [0.717, 1.165) is 18.4 Å². The van der Waals surface area contributed by atoms with Crippen molar-refractivity contribution in [1.29, 1.82) is 0 Å². The van der Waals surface area contributed by atoms with Crippen molar-refractivity contribution in [3.8, 4) is 11.5 Å². The summed E-state index contributed by atoms with van der Waals surface area (Å²) >= 11 is 0. The first kappa shape index (κ1) is 13.7. The van der Waals surface area contributed by atoms with Crippen LogP contribution < -0.4 is 9.47 Å². The standard InChI is InChI=1S/C14H18O5/c1-2-3-6-17-14(16)11(15)7-10-4-5-12-13(8-10)19-9-18-12/h4-5,8,11,15H,2-3,6-7,9H2,1H3. The zero-order chi connectivity index (χ0) is 13.7. The van der Waals surface area contributed by atoms with Crippen LogP contribution in [0.2, 0.25) is 0 Å². The van der Waals surface area contributed by atoms with E-state index in [0.29, 0.717) is 18.1 Å². The molecule has 104 valence electrons. The van der Waals surface area contributed by atoms with Crippen molar-refractivity contribution in [2.24, 2.45) is 0 Å². The summed E-state index contributed by atoms with van der Waals surface area (Å²) in [5.74, 6) is 0.749. The molecule has 1 aromatic carbocycles. The van der Waals surface area contributed by atoms with E-state index >= 15 is 0 Å². The van der Waals surface area contributed by atoms with E-state index in [4.69, 9.17) is 14.2 Å². The number of esters is 1. The average Bonchev–Trinajstić information content (AvgIpc) is 2.86. The molecule has 0 aliphatic carbocycles. The van der Waals surface area contributed by atoms with Crippen LogP contribution in [0.5, 0.6) is 11.5 Å². The van der Waals surface area contributed by atoms with Gasteiger partial charge in [0.2, 0.25) is 6.79 Å². The molecule has 1 N–H and O–H groups in total. The Bertz CT molecular complexity index is 443. The Morgan fingerprint density at radius 2 is 2.21 bits per heavy atom. The summed E-state index contributed by atoms with van der Waals surface area (Å²) in [7, 11) is 0. The van der Waals surface area contributed by atoms with Gasteiger partial charge in [0.05, 0.1) is 6.61 Å². The maximum Gasteiger partial charge on any atom is 0.335 e. The van der Waals surface area contributed by atoms with E-state index in [-0.39, 0.29) is 13.2 Å². The molecule has 0 fully saturated rings. The summed E-state index contributed by atoms with van der Waals surface area (Å²) in [6.45, 7) is 2.57. The largest absolute Gasteiger partial charge is 0.464 e. The molecule has 1 heterocycles. The van der Waals surface area contributed by atoms with Crippen LogP contribution in [0.4, 0.5) is 0 Å². The molecule has 0 spiro atoms. The van der Waals surface area contributed by atoms with Crippen molar-refractivity contribution in [2.75, 3.05) is 13.4 Å². The van der Waals surface area contributed by atoms with Crippen molar-refractivity contribution in [3.05, 3.63) is 23.8 Å². The smallest absolute Gasteiger partial charge is 0.335 e. The number of hydrogen-bond acceptors (Lipinski definition) is 5. The first-order valence-electron chi connectivity index (χ1n) is 6.44. The van der Waals surface area contributed by atoms with E-state index in [9.17, 15) is 9.90 Å². The Morgan fingerprint density at radius 1 is 1.42 bits per heavy atom. The summed E-state index contributed by atoms with van der Waals surface area (Å²) in [4.78, 5) is 11.5. The van der Waals surface area contributed by atoms with Gasteiger partial charge in [0.15, 0.2) is 17.6 Å². The van der Waals surface area contributed by atoms with E-state index in [1.807, 2.05) is 6.92 Å². The average molecular weight is 266 g/mol. The predicted octanol–water partition coefficient (Wildman–Crippen LogP) is 1.66. The van der Waals surface area contributed by atoms with Gasteiger partial charge in [-0.3, -0.25) is 0 Å². The molecule has 2 rings (SSSR count). The number of rotatable bonds is 6. The minimum atomic E-state index is -1.14. The van der Waals surface area contributed by atoms with Crippen molar-refractivity contribution < 1.29 is 24.1 Å². The van der Waals surface area contributed by atoms with E-state index in [2.05, 4.69) is 0 Å². The highest BCUT2D eigenvalue weighted by Crippen LogP contribution is 2.32. The fraction of sp³-hybridized carbons (Fsp3) is 0.500. The van der Waals surface area contributed by atoms with Crippen molar-refractivity contribution in [2.45, 2.75) is 32.3 Å². The topological polar surface area (TPSA) is 65.0 Å². The van der Waals surface area contributed by atoms with Crippen LogP contribution >= 0.6 is 0 Å².